The molecule has 0 amide bonds. The van der Waals surface area contributed by atoms with Crippen molar-refractivity contribution in [2.24, 2.45) is 5.73 Å². The van der Waals surface area contributed by atoms with Crippen LogP contribution in [0.15, 0.2) is 0 Å². The van der Waals surface area contributed by atoms with Gasteiger partial charge in [0, 0.05) is 37.6 Å². The highest BCUT2D eigenvalue weighted by Crippen LogP contribution is 2.42. The molecule has 8 nitrogen and oxygen atoms in total. The molecule has 140 valence electrons. The molecule has 0 bridgehead atoms. The monoisotopic (exact) mass is 368 g/mol. The summed E-state index contributed by atoms with van der Waals surface area (Å²) < 4.78 is 28.4. The van der Waals surface area contributed by atoms with Crippen LogP contribution in [0, 0.1) is 0 Å². The van der Waals surface area contributed by atoms with Gasteiger partial charge in [0.15, 0.2) is 0 Å². The van der Waals surface area contributed by atoms with E-state index < -0.39 is 10.0 Å². The second-order valence-electron chi connectivity index (χ2n) is 7.60. The number of rotatable bonds is 8. The first-order chi connectivity index (χ1) is 12.0. The van der Waals surface area contributed by atoms with Crippen LogP contribution in [-0.4, -0.2) is 58.9 Å². The van der Waals surface area contributed by atoms with E-state index in [-0.39, 0.29) is 5.75 Å². The molecule has 3 N–H and O–H groups in total. The lowest BCUT2D eigenvalue weighted by Gasteiger charge is -2.31. The lowest BCUT2D eigenvalue weighted by atomic mass is 9.80. The maximum absolute atomic E-state index is 12.2. The molecule has 1 aromatic heterocycles. The van der Waals surface area contributed by atoms with Gasteiger partial charge in [0.05, 0.1) is 12.3 Å². The van der Waals surface area contributed by atoms with E-state index in [0.29, 0.717) is 44.2 Å². The van der Waals surface area contributed by atoms with Gasteiger partial charge in [-0.25, -0.2) is 12.7 Å². The summed E-state index contributed by atoms with van der Waals surface area (Å²) in [5.41, 5.74) is 5.91. The van der Waals surface area contributed by atoms with E-state index in [1.165, 1.54) is 12.8 Å². The zero-order valence-corrected chi connectivity index (χ0v) is 15.4. The summed E-state index contributed by atoms with van der Waals surface area (Å²) in [5, 5.41) is 12.0. The first kappa shape index (κ1) is 17.4. The van der Waals surface area contributed by atoms with Crippen LogP contribution in [0.4, 0.5) is 0 Å². The number of nitrogens with zero attached hydrogens (tertiary/aromatic N) is 4. The lowest BCUT2D eigenvalue weighted by Crippen LogP contribution is -2.36. The fourth-order valence-electron chi connectivity index (χ4n) is 3.84. The van der Waals surface area contributed by atoms with Crippen LogP contribution >= 0.6 is 0 Å². The van der Waals surface area contributed by atoms with Crippen molar-refractivity contribution in [2.45, 2.75) is 63.1 Å². The Balaban J connectivity index is 1.32. The minimum atomic E-state index is -3.12. The normalized spacial score (nSPS) is 27.6. The van der Waals surface area contributed by atoms with Gasteiger partial charge in [-0.2, -0.15) is 0 Å². The van der Waals surface area contributed by atoms with E-state index in [2.05, 4.69) is 20.1 Å². The first-order valence-electron chi connectivity index (χ1n) is 9.42. The van der Waals surface area contributed by atoms with Crippen molar-refractivity contribution >= 4 is 10.0 Å². The van der Waals surface area contributed by atoms with Crippen LogP contribution in [0.5, 0.6) is 0 Å². The quantitative estimate of drug-likeness (QED) is 0.641. The average molecular weight is 369 g/mol. The maximum atomic E-state index is 12.2. The van der Waals surface area contributed by atoms with Gasteiger partial charge in [0.25, 0.3) is 0 Å². The minimum Gasteiger partial charge on any atom is -0.328 e. The molecule has 0 unspecified atom stereocenters. The second-order valence-corrected chi connectivity index (χ2v) is 9.69. The molecule has 0 spiro atoms. The van der Waals surface area contributed by atoms with Crippen molar-refractivity contribution in [1.82, 2.24) is 24.4 Å². The van der Waals surface area contributed by atoms with Crippen molar-refractivity contribution in [1.29, 1.82) is 0 Å². The molecule has 3 fully saturated rings. The number of hydrogen-bond acceptors (Lipinski definition) is 6. The van der Waals surface area contributed by atoms with E-state index in [1.54, 1.807) is 4.31 Å². The fraction of sp³-hybridized carbons (Fsp3) is 0.875. The molecule has 4 rings (SSSR count). The van der Waals surface area contributed by atoms with Crippen molar-refractivity contribution in [2.75, 3.05) is 25.4 Å². The zero-order chi connectivity index (χ0) is 17.4. The Bertz CT molecular complexity index is 702. The highest BCUT2D eigenvalue weighted by atomic mass is 32.2. The minimum absolute atomic E-state index is 0.148. The Kier molecular flexibility index (Phi) is 4.83. The maximum Gasteiger partial charge on any atom is 0.215 e. The van der Waals surface area contributed by atoms with Gasteiger partial charge in [-0.05, 0) is 38.5 Å². The number of nitrogens with one attached hydrogen (secondary N) is 1. The van der Waals surface area contributed by atoms with Crippen molar-refractivity contribution < 1.29 is 8.42 Å². The molecule has 0 atom stereocenters. The van der Waals surface area contributed by atoms with Gasteiger partial charge in [-0.1, -0.05) is 0 Å². The Morgan fingerprint density at radius 1 is 1.16 bits per heavy atom. The van der Waals surface area contributed by atoms with Crippen molar-refractivity contribution in [3.05, 3.63) is 11.6 Å². The molecular weight excluding hydrogens is 340 g/mol. The number of hydrogen-bond donors (Lipinski definition) is 2. The molecule has 2 aliphatic carbocycles. The van der Waals surface area contributed by atoms with E-state index in [1.807, 2.05) is 0 Å². The van der Waals surface area contributed by atoms with Gasteiger partial charge in [0.2, 0.25) is 10.0 Å². The van der Waals surface area contributed by atoms with Gasteiger partial charge in [-0.15, -0.1) is 10.2 Å². The molecule has 1 aliphatic heterocycles. The van der Waals surface area contributed by atoms with Crippen LogP contribution < -0.4 is 11.1 Å². The number of sulfonamides is 1. The molecule has 25 heavy (non-hydrogen) atoms. The summed E-state index contributed by atoms with van der Waals surface area (Å²) in [7, 11) is -3.12. The van der Waals surface area contributed by atoms with E-state index in [9.17, 15) is 8.42 Å². The Labute approximate surface area is 149 Å². The van der Waals surface area contributed by atoms with E-state index in [0.717, 1.165) is 37.3 Å². The first-order valence-corrected chi connectivity index (χ1v) is 11.0. The third-order valence-corrected chi connectivity index (χ3v) is 7.39. The van der Waals surface area contributed by atoms with Crippen LogP contribution in [0.25, 0.3) is 0 Å². The molecule has 1 saturated heterocycles. The van der Waals surface area contributed by atoms with Gasteiger partial charge >= 0.3 is 0 Å². The van der Waals surface area contributed by atoms with Crippen molar-refractivity contribution in [3.8, 4) is 0 Å². The van der Waals surface area contributed by atoms with Crippen LogP contribution in [0.2, 0.25) is 0 Å². The Morgan fingerprint density at radius 2 is 1.88 bits per heavy atom. The average Bonchev–Trinajstić information content (AvgIpc) is 3.08. The molecule has 1 aromatic rings. The van der Waals surface area contributed by atoms with Gasteiger partial charge < -0.3 is 15.6 Å². The SMILES string of the molecule is NC1CC(c2nnc(CNCCS(=O)(=O)N3CCCC3)n2C2CC2)C1. The summed E-state index contributed by atoms with van der Waals surface area (Å²) in [4.78, 5) is 0. The molecule has 2 heterocycles. The van der Waals surface area contributed by atoms with Crippen molar-refractivity contribution in [3.63, 3.8) is 0 Å². The summed E-state index contributed by atoms with van der Waals surface area (Å²) in [5.74, 6) is 2.59. The van der Waals surface area contributed by atoms with Gasteiger partial charge in [-0.3, -0.25) is 0 Å². The van der Waals surface area contributed by atoms with E-state index >= 15 is 0 Å². The van der Waals surface area contributed by atoms with Crippen LogP contribution in [0.3, 0.4) is 0 Å². The smallest absolute Gasteiger partial charge is 0.215 e. The topological polar surface area (TPSA) is 106 Å². The molecule has 0 aromatic carbocycles. The molecule has 2 saturated carbocycles. The summed E-state index contributed by atoms with van der Waals surface area (Å²) in [6.45, 7) is 2.36. The Hall–Kier alpha value is -1.03. The second kappa shape index (κ2) is 6.94. The molecule has 9 heteroatoms. The fourth-order valence-corrected chi connectivity index (χ4v) is 5.31. The van der Waals surface area contributed by atoms with Crippen LogP contribution in [0.1, 0.15) is 62.1 Å². The standard InChI is InChI=1S/C16H28N6O2S/c17-13-9-12(10-13)16-20-19-15(22(16)14-3-4-14)11-18-5-8-25(23,24)21-6-1-2-7-21/h12-14,18H,1-11,17H2. The van der Waals surface area contributed by atoms with Gasteiger partial charge in [0.1, 0.15) is 11.6 Å². The third kappa shape index (κ3) is 3.74. The zero-order valence-electron chi connectivity index (χ0n) is 14.6. The Morgan fingerprint density at radius 3 is 2.52 bits per heavy atom. The molecule has 0 radical (unpaired) electrons. The summed E-state index contributed by atoms with van der Waals surface area (Å²) in [6.07, 6.45) is 6.30. The number of nitrogens with two attached hydrogens (primary N) is 1. The predicted molar refractivity (Wildman–Crippen MR) is 94.5 cm³/mol. The number of aromatic nitrogens is 3. The molecule has 3 aliphatic rings. The summed E-state index contributed by atoms with van der Waals surface area (Å²) >= 11 is 0. The predicted octanol–water partition coefficient (Wildman–Crippen LogP) is 0.333. The van der Waals surface area contributed by atoms with Crippen LogP contribution in [-0.2, 0) is 16.6 Å². The molecular formula is C16H28N6O2S. The van der Waals surface area contributed by atoms with E-state index in [4.69, 9.17) is 5.73 Å². The third-order valence-electron chi connectivity index (χ3n) is 5.52. The lowest BCUT2D eigenvalue weighted by molar-refractivity contribution is 0.327. The highest BCUT2D eigenvalue weighted by Gasteiger charge is 2.36. The largest absolute Gasteiger partial charge is 0.328 e. The summed E-state index contributed by atoms with van der Waals surface area (Å²) in [6, 6.07) is 0.818. The highest BCUT2D eigenvalue weighted by molar-refractivity contribution is 7.89.